The van der Waals surface area contributed by atoms with E-state index in [-0.39, 0.29) is 5.41 Å². The summed E-state index contributed by atoms with van der Waals surface area (Å²) in [6, 6.07) is 2.11. The third-order valence-corrected chi connectivity index (χ3v) is 5.17. The number of aromatic nitrogens is 2. The van der Waals surface area contributed by atoms with Gasteiger partial charge in [-0.05, 0) is 45.2 Å². The van der Waals surface area contributed by atoms with Crippen LogP contribution in [0, 0.1) is 5.41 Å². The lowest BCUT2D eigenvalue weighted by Gasteiger charge is -2.40. The summed E-state index contributed by atoms with van der Waals surface area (Å²) < 4.78 is 1.97. The van der Waals surface area contributed by atoms with E-state index < -0.39 is 0 Å². The second kappa shape index (κ2) is 5.79. The van der Waals surface area contributed by atoms with Gasteiger partial charge in [0.15, 0.2) is 0 Å². The van der Waals surface area contributed by atoms with E-state index in [9.17, 15) is 4.79 Å². The smallest absolute Gasteiger partial charge is 0.229 e. The number of rotatable bonds is 2. The number of carbonyl (C=O) groups excluding carboxylic acids is 1. The highest BCUT2D eigenvalue weighted by atomic mass is 16.2. The SMILES string of the molecule is Cn1nccc1C1CCN(C(=O)C2(C)CCCNC2)CC1. The highest BCUT2D eigenvalue weighted by molar-refractivity contribution is 5.82. The molecule has 1 N–H and O–H groups in total. The number of piperidine rings is 2. The molecule has 2 aliphatic heterocycles. The summed E-state index contributed by atoms with van der Waals surface area (Å²) in [7, 11) is 2.00. The average molecular weight is 290 g/mol. The molecular weight excluding hydrogens is 264 g/mol. The number of nitrogens with one attached hydrogen (secondary N) is 1. The Hall–Kier alpha value is -1.36. The predicted molar refractivity (Wildman–Crippen MR) is 82.0 cm³/mol. The molecule has 0 radical (unpaired) electrons. The van der Waals surface area contributed by atoms with Crippen LogP contribution in [0.25, 0.3) is 0 Å². The van der Waals surface area contributed by atoms with E-state index in [1.807, 2.05) is 17.9 Å². The Bertz CT molecular complexity index is 496. The molecule has 1 amide bonds. The van der Waals surface area contributed by atoms with Crippen molar-refractivity contribution in [3.05, 3.63) is 18.0 Å². The molecule has 116 valence electrons. The quantitative estimate of drug-likeness (QED) is 0.898. The maximum absolute atomic E-state index is 12.8. The van der Waals surface area contributed by atoms with Crippen LogP contribution in [-0.2, 0) is 11.8 Å². The molecule has 5 nitrogen and oxygen atoms in total. The van der Waals surface area contributed by atoms with Crippen molar-refractivity contribution < 1.29 is 4.79 Å². The van der Waals surface area contributed by atoms with Crippen LogP contribution >= 0.6 is 0 Å². The monoisotopic (exact) mass is 290 g/mol. The van der Waals surface area contributed by atoms with E-state index in [0.717, 1.165) is 51.9 Å². The summed E-state index contributed by atoms with van der Waals surface area (Å²) in [5, 5.41) is 7.63. The maximum atomic E-state index is 12.8. The molecule has 5 heteroatoms. The van der Waals surface area contributed by atoms with Crippen molar-refractivity contribution in [3.63, 3.8) is 0 Å². The number of hydrogen-bond donors (Lipinski definition) is 1. The van der Waals surface area contributed by atoms with E-state index in [1.54, 1.807) is 0 Å². The van der Waals surface area contributed by atoms with Gasteiger partial charge in [-0.15, -0.1) is 0 Å². The minimum absolute atomic E-state index is 0.197. The number of aryl methyl sites for hydroxylation is 1. The van der Waals surface area contributed by atoms with E-state index >= 15 is 0 Å². The van der Waals surface area contributed by atoms with Gasteiger partial charge in [-0.2, -0.15) is 5.10 Å². The number of carbonyl (C=O) groups is 1. The third-order valence-electron chi connectivity index (χ3n) is 5.17. The van der Waals surface area contributed by atoms with Crippen LogP contribution in [0.3, 0.4) is 0 Å². The first-order chi connectivity index (χ1) is 10.1. The second-order valence-corrected chi connectivity index (χ2v) is 6.79. The Morgan fingerprint density at radius 3 is 2.76 bits per heavy atom. The van der Waals surface area contributed by atoms with Gasteiger partial charge in [-0.3, -0.25) is 9.48 Å². The Morgan fingerprint density at radius 2 is 2.19 bits per heavy atom. The summed E-state index contributed by atoms with van der Waals surface area (Å²) in [6.45, 7) is 5.75. The highest BCUT2D eigenvalue weighted by Crippen LogP contribution is 2.32. The standard InChI is InChI=1S/C16H26N4O/c1-16(7-3-8-17-12-16)15(21)20-10-5-13(6-11-20)14-4-9-18-19(14)2/h4,9,13,17H,3,5-8,10-12H2,1-2H3. The highest BCUT2D eigenvalue weighted by Gasteiger charge is 2.39. The number of nitrogens with zero attached hydrogens (tertiary/aromatic N) is 3. The van der Waals surface area contributed by atoms with Crippen molar-refractivity contribution in [2.75, 3.05) is 26.2 Å². The van der Waals surface area contributed by atoms with Crippen LogP contribution in [0.15, 0.2) is 12.3 Å². The normalized spacial score (nSPS) is 27.8. The lowest BCUT2D eigenvalue weighted by atomic mass is 9.80. The first kappa shape index (κ1) is 14.6. The van der Waals surface area contributed by atoms with Crippen LogP contribution in [-0.4, -0.2) is 46.8 Å². The first-order valence-corrected chi connectivity index (χ1v) is 8.08. The molecular formula is C16H26N4O. The van der Waals surface area contributed by atoms with Gasteiger partial charge in [0, 0.05) is 44.5 Å². The fraction of sp³-hybridized carbons (Fsp3) is 0.750. The van der Waals surface area contributed by atoms with Gasteiger partial charge in [0.25, 0.3) is 0 Å². The van der Waals surface area contributed by atoms with Crippen molar-refractivity contribution in [2.24, 2.45) is 12.5 Å². The molecule has 1 atom stereocenters. The number of amides is 1. The van der Waals surface area contributed by atoms with Gasteiger partial charge in [-0.1, -0.05) is 0 Å². The average Bonchev–Trinajstić information content (AvgIpc) is 2.93. The molecule has 3 rings (SSSR count). The Labute approximate surface area is 126 Å². The van der Waals surface area contributed by atoms with Gasteiger partial charge in [-0.25, -0.2) is 0 Å². The van der Waals surface area contributed by atoms with Gasteiger partial charge < -0.3 is 10.2 Å². The van der Waals surface area contributed by atoms with Crippen molar-refractivity contribution >= 4 is 5.91 Å². The molecule has 2 saturated heterocycles. The van der Waals surface area contributed by atoms with Crippen molar-refractivity contribution in [3.8, 4) is 0 Å². The fourth-order valence-corrected chi connectivity index (χ4v) is 3.78. The topological polar surface area (TPSA) is 50.2 Å². The predicted octanol–water partition coefficient (Wildman–Crippen LogP) is 1.52. The van der Waals surface area contributed by atoms with E-state index in [2.05, 4.69) is 28.3 Å². The minimum atomic E-state index is -0.197. The molecule has 0 spiro atoms. The van der Waals surface area contributed by atoms with Crippen LogP contribution in [0.2, 0.25) is 0 Å². The van der Waals surface area contributed by atoms with Crippen molar-refractivity contribution in [1.29, 1.82) is 0 Å². The lowest BCUT2D eigenvalue weighted by Crippen LogP contribution is -2.52. The third kappa shape index (κ3) is 2.84. The fourth-order valence-electron chi connectivity index (χ4n) is 3.78. The van der Waals surface area contributed by atoms with Crippen LogP contribution in [0.4, 0.5) is 0 Å². The molecule has 21 heavy (non-hydrogen) atoms. The molecule has 0 aromatic carbocycles. The van der Waals surface area contributed by atoms with Crippen molar-refractivity contribution in [1.82, 2.24) is 20.0 Å². The lowest BCUT2D eigenvalue weighted by molar-refractivity contribution is -0.143. The van der Waals surface area contributed by atoms with Crippen LogP contribution in [0.5, 0.6) is 0 Å². The largest absolute Gasteiger partial charge is 0.342 e. The van der Waals surface area contributed by atoms with E-state index in [1.165, 1.54) is 5.69 Å². The molecule has 2 aliphatic rings. The van der Waals surface area contributed by atoms with E-state index in [4.69, 9.17) is 0 Å². The molecule has 1 unspecified atom stereocenters. The number of hydrogen-bond acceptors (Lipinski definition) is 3. The zero-order valence-corrected chi connectivity index (χ0v) is 13.1. The molecule has 3 heterocycles. The summed E-state index contributed by atoms with van der Waals surface area (Å²) in [6.07, 6.45) is 6.08. The van der Waals surface area contributed by atoms with Crippen LogP contribution in [0.1, 0.15) is 44.2 Å². The van der Waals surface area contributed by atoms with Gasteiger partial charge in [0.2, 0.25) is 5.91 Å². The zero-order valence-electron chi connectivity index (χ0n) is 13.1. The first-order valence-electron chi connectivity index (χ1n) is 8.08. The van der Waals surface area contributed by atoms with E-state index in [0.29, 0.717) is 11.8 Å². The Morgan fingerprint density at radius 1 is 1.43 bits per heavy atom. The zero-order chi connectivity index (χ0) is 14.9. The summed E-state index contributed by atoms with van der Waals surface area (Å²) >= 11 is 0. The van der Waals surface area contributed by atoms with Crippen molar-refractivity contribution in [2.45, 2.75) is 38.5 Å². The summed E-state index contributed by atoms with van der Waals surface area (Å²) in [4.78, 5) is 14.9. The molecule has 0 saturated carbocycles. The van der Waals surface area contributed by atoms with Gasteiger partial charge in [0.1, 0.15) is 0 Å². The minimum Gasteiger partial charge on any atom is -0.342 e. The summed E-state index contributed by atoms with van der Waals surface area (Å²) in [5.74, 6) is 0.886. The molecule has 1 aromatic heterocycles. The summed E-state index contributed by atoms with van der Waals surface area (Å²) in [5.41, 5.74) is 1.10. The molecule has 0 bridgehead atoms. The molecule has 2 fully saturated rings. The van der Waals surface area contributed by atoms with Gasteiger partial charge in [0.05, 0.1) is 5.41 Å². The molecule has 0 aliphatic carbocycles. The number of likely N-dealkylation sites (tertiary alicyclic amines) is 1. The van der Waals surface area contributed by atoms with Crippen LogP contribution < -0.4 is 5.32 Å². The van der Waals surface area contributed by atoms with Gasteiger partial charge >= 0.3 is 0 Å². The Balaban J connectivity index is 1.60. The Kier molecular flexibility index (Phi) is 4.02. The second-order valence-electron chi connectivity index (χ2n) is 6.79. The maximum Gasteiger partial charge on any atom is 0.229 e. The molecule has 1 aromatic rings.